The number of alkyl halides is 6. The molecule has 30 heavy (non-hydrogen) atoms. The third-order valence-corrected chi connectivity index (χ3v) is 4.93. The minimum atomic E-state index is -5.10. The average molecular weight is 439 g/mol. The third-order valence-electron chi connectivity index (χ3n) is 4.93. The van der Waals surface area contributed by atoms with Crippen molar-refractivity contribution in [1.82, 2.24) is 15.2 Å². The number of aromatic nitrogens is 3. The molecule has 1 aliphatic heterocycles. The van der Waals surface area contributed by atoms with Crippen LogP contribution in [-0.4, -0.2) is 40.1 Å². The highest BCUT2D eigenvalue weighted by molar-refractivity contribution is 5.71. The predicted molar refractivity (Wildman–Crippen MR) is 93.3 cm³/mol. The van der Waals surface area contributed by atoms with E-state index >= 15 is 0 Å². The van der Waals surface area contributed by atoms with E-state index in [0.29, 0.717) is 25.3 Å². The number of halogens is 6. The number of rotatable bonds is 0. The molecule has 3 N–H and O–H groups in total. The van der Waals surface area contributed by atoms with Gasteiger partial charge in [-0.3, -0.25) is 0 Å². The second kappa shape index (κ2) is 7.60. The van der Waals surface area contributed by atoms with Gasteiger partial charge in [0.05, 0.1) is 5.69 Å². The van der Waals surface area contributed by atoms with Gasteiger partial charge < -0.3 is 20.2 Å². The first kappa shape index (κ1) is 22.1. The number of fused-ring (bicyclic) bond motifs is 5. The van der Waals surface area contributed by atoms with Gasteiger partial charge in [0, 0.05) is 13.6 Å². The molecule has 7 nitrogen and oxygen atoms in total. The van der Waals surface area contributed by atoms with Gasteiger partial charge in [-0.1, -0.05) is 12.8 Å². The highest BCUT2D eigenvalue weighted by atomic mass is 19.4. The van der Waals surface area contributed by atoms with E-state index in [2.05, 4.69) is 15.2 Å². The second-order valence-corrected chi connectivity index (χ2v) is 7.15. The standard InChI is InChI=1S/C17H19F6N5O2/c1-28-7-5-3-2-4-6-15(29,17(21,22)23)14-27-26-13(30-14)11-10(24)8-9(12(28)25-11)16(18,19)20/h8,29H,2-7,24H2,1H3/t15-/m1/s1. The van der Waals surface area contributed by atoms with Gasteiger partial charge in [0.25, 0.3) is 11.8 Å². The molecule has 2 aromatic rings. The zero-order valence-electron chi connectivity index (χ0n) is 15.8. The van der Waals surface area contributed by atoms with Crippen LogP contribution < -0.4 is 10.6 Å². The summed E-state index contributed by atoms with van der Waals surface area (Å²) in [5, 5.41) is 17.0. The summed E-state index contributed by atoms with van der Waals surface area (Å²) < 4.78 is 86.1. The smallest absolute Gasteiger partial charge is 0.416 e. The molecule has 3 heterocycles. The van der Waals surface area contributed by atoms with Crippen molar-refractivity contribution in [1.29, 1.82) is 0 Å². The molecule has 166 valence electrons. The molecule has 0 aromatic carbocycles. The molecule has 0 spiro atoms. The van der Waals surface area contributed by atoms with Crippen molar-refractivity contribution in [3.8, 4) is 11.6 Å². The monoisotopic (exact) mass is 439 g/mol. The Kier molecular flexibility index (Phi) is 5.60. The fourth-order valence-electron chi connectivity index (χ4n) is 3.24. The highest BCUT2D eigenvalue weighted by Gasteiger charge is 2.58. The summed E-state index contributed by atoms with van der Waals surface area (Å²) in [6, 6.07) is 0.625. The number of nitrogens with two attached hydrogens (primary N) is 1. The van der Waals surface area contributed by atoms with Gasteiger partial charge in [0.15, 0.2) is 5.69 Å². The molecule has 0 unspecified atom stereocenters. The van der Waals surface area contributed by atoms with Crippen LogP contribution in [0.3, 0.4) is 0 Å². The van der Waals surface area contributed by atoms with Crippen molar-refractivity contribution in [2.75, 3.05) is 24.2 Å². The summed E-state index contributed by atoms with van der Waals surface area (Å²) >= 11 is 0. The van der Waals surface area contributed by atoms with E-state index in [1.165, 1.54) is 11.9 Å². The summed E-state index contributed by atoms with van der Waals surface area (Å²) in [6.45, 7) is 0.179. The van der Waals surface area contributed by atoms with Gasteiger partial charge in [-0.2, -0.15) is 26.3 Å². The van der Waals surface area contributed by atoms with Crippen molar-refractivity contribution < 1.29 is 35.9 Å². The van der Waals surface area contributed by atoms with Crippen molar-refractivity contribution >= 4 is 11.5 Å². The number of aliphatic hydroxyl groups is 1. The Morgan fingerprint density at radius 1 is 1.10 bits per heavy atom. The lowest BCUT2D eigenvalue weighted by atomic mass is 9.95. The molecule has 1 aliphatic rings. The van der Waals surface area contributed by atoms with E-state index in [9.17, 15) is 31.4 Å². The summed E-state index contributed by atoms with van der Waals surface area (Å²) in [5.74, 6) is -2.20. The number of pyridine rings is 1. The number of hydrogen-bond acceptors (Lipinski definition) is 7. The third kappa shape index (κ3) is 4.02. The van der Waals surface area contributed by atoms with Gasteiger partial charge in [0.2, 0.25) is 5.60 Å². The first-order valence-corrected chi connectivity index (χ1v) is 9.07. The lowest BCUT2D eigenvalue weighted by Gasteiger charge is -2.27. The van der Waals surface area contributed by atoms with Crippen molar-refractivity contribution in [2.24, 2.45) is 0 Å². The molecule has 4 bridgehead atoms. The Morgan fingerprint density at radius 2 is 1.77 bits per heavy atom. The highest BCUT2D eigenvalue weighted by Crippen LogP contribution is 2.44. The zero-order chi connectivity index (χ0) is 22.3. The molecule has 3 rings (SSSR count). The minimum absolute atomic E-state index is 0.00305. The maximum absolute atomic E-state index is 13.6. The zero-order valence-corrected chi connectivity index (χ0v) is 15.8. The van der Waals surface area contributed by atoms with Crippen LogP contribution in [0.1, 0.15) is 43.6 Å². The molecule has 0 saturated carbocycles. The van der Waals surface area contributed by atoms with E-state index in [4.69, 9.17) is 10.2 Å². The van der Waals surface area contributed by atoms with Crippen LogP contribution in [0.25, 0.3) is 11.6 Å². The van der Waals surface area contributed by atoms with Crippen molar-refractivity contribution in [3.05, 3.63) is 17.5 Å². The largest absolute Gasteiger partial charge is 0.426 e. The molecule has 2 aromatic heterocycles. The molecule has 1 atom stereocenters. The van der Waals surface area contributed by atoms with E-state index in [0.717, 1.165) is 0 Å². The van der Waals surface area contributed by atoms with Crippen LogP contribution in [-0.2, 0) is 11.8 Å². The Bertz CT molecular complexity index is 913. The second-order valence-electron chi connectivity index (χ2n) is 7.15. The lowest BCUT2D eigenvalue weighted by molar-refractivity contribution is -0.277. The molecule has 0 saturated heterocycles. The topological polar surface area (TPSA) is 101 Å². The van der Waals surface area contributed by atoms with E-state index in [1.54, 1.807) is 0 Å². The van der Waals surface area contributed by atoms with E-state index < -0.39 is 58.9 Å². The number of anilines is 2. The van der Waals surface area contributed by atoms with Crippen LogP contribution in [0.5, 0.6) is 0 Å². The summed E-state index contributed by atoms with van der Waals surface area (Å²) in [4.78, 5) is 5.18. The number of hydrogen-bond donors (Lipinski definition) is 2. The molecule has 0 fully saturated rings. The number of nitrogen functional groups attached to an aromatic ring is 1. The Morgan fingerprint density at radius 3 is 2.40 bits per heavy atom. The summed E-state index contributed by atoms with van der Waals surface area (Å²) in [6.07, 6.45) is -9.38. The maximum Gasteiger partial charge on any atom is 0.426 e. The summed E-state index contributed by atoms with van der Waals surface area (Å²) in [5.41, 5.74) is 0.294. The Labute approximate surface area is 166 Å². The predicted octanol–water partition coefficient (Wildman–Crippen LogP) is 3.88. The van der Waals surface area contributed by atoms with E-state index in [-0.39, 0.29) is 13.0 Å². The van der Waals surface area contributed by atoms with Crippen LogP contribution in [0.4, 0.5) is 37.8 Å². The van der Waals surface area contributed by atoms with Crippen molar-refractivity contribution in [2.45, 2.75) is 50.1 Å². The van der Waals surface area contributed by atoms with Gasteiger partial charge in [0.1, 0.15) is 11.4 Å². The van der Waals surface area contributed by atoms with Crippen LogP contribution in [0, 0.1) is 0 Å². The quantitative estimate of drug-likeness (QED) is 0.601. The van der Waals surface area contributed by atoms with Crippen LogP contribution in [0.2, 0.25) is 0 Å². The van der Waals surface area contributed by atoms with Crippen LogP contribution in [0.15, 0.2) is 10.5 Å². The van der Waals surface area contributed by atoms with Gasteiger partial charge >= 0.3 is 12.4 Å². The van der Waals surface area contributed by atoms with E-state index in [1.807, 2.05) is 0 Å². The lowest BCUT2D eigenvalue weighted by Crippen LogP contribution is -2.42. The number of nitrogens with zero attached hydrogens (tertiary/aromatic N) is 4. The molecular formula is C17H19F6N5O2. The first-order chi connectivity index (χ1) is 13.8. The fourth-order valence-corrected chi connectivity index (χ4v) is 3.24. The Hall–Kier alpha value is -2.57. The van der Waals surface area contributed by atoms with Crippen LogP contribution >= 0.6 is 0 Å². The normalized spacial score (nSPS) is 21.4. The maximum atomic E-state index is 13.6. The molecular weight excluding hydrogens is 420 g/mol. The molecule has 0 radical (unpaired) electrons. The van der Waals surface area contributed by atoms with Crippen molar-refractivity contribution in [3.63, 3.8) is 0 Å². The molecule has 0 aliphatic carbocycles. The van der Waals surface area contributed by atoms with Gasteiger partial charge in [-0.25, -0.2) is 4.98 Å². The SMILES string of the molecule is CN1CCCCCC[C@](O)(C(F)(F)F)c2nnc(o2)-c2nc1c(C(F)(F)F)cc2N. The summed E-state index contributed by atoms with van der Waals surface area (Å²) in [7, 11) is 1.42. The molecule has 13 heteroatoms. The van der Waals surface area contributed by atoms with Gasteiger partial charge in [-0.05, 0) is 25.3 Å². The Balaban J connectivity index is 2.19. The van der Waals surface area contributed by atoms with Gasteiger partial charge in [-0.15, -0.1) is 10.2 Å². The first-order valence-electron chi connectivity index (χ1n) is 9.07. The average Bonchev–Trinajstić information content (AvgIpc) is 3.11. The minimum Gasteiger partial charge on any atom is -0.416 e. The fraction of sp³-hybridized carbons (Fsp3) is 0.588. The molecule has 0 amide bonds.